The van der Waals surface area contributed by atoms with E-state index in [1.54, 1.807) is 0 Å². The van der Waals surface area contributed by atoms with Crippen molar-refractivity contribution in [1.82, 2.24) is 0 Å². The Hall–Kier alpha value is -1.29. The van der Waals surface area contributed by atoms with Gasteiger partial charge in [0.2, 0.25) is 0 Å². The van der Waals surface area contributed by atoms with Gasteiger partial charge in [-0.2, -0.15) is 0 Å². The van der Waals surface area contributed by atoms with Gasteiger partial charge in [-0.15, -0.1) is 0 Å². The number of carbonyl (C=O) groups is 1. The Kier molecular flexibility index (Phi) is 13.0. The summed E-state index contributed by atoms with van der Waals surface area (Å²) in [6.07, 6.45) is 12.8. The van der Waals surface area contributed by atoms with E-state index < -0.39 is 0 Å². The lowest BCUT2D eigenvalue weighted by atomic mass is 10.1. The second-order valence-corrected chi connectivity index (χ2v) is 7.00. The van der Waals surface area contributed by atoms with E-state index in [4.69, 9.17) is 9.15 Å². The number of hydrogen-bond acceptors (Lipinski definition) is 4. The van der Waals surface area contributed by atoms with Crippen LogP contribution in [0.25, 0.3) is 0 Å². The van der Waals surface area contributed by atoms with Crippen molar-refractivity contribution in [3.8, 4) is 0 Å². The minimum absolute atomic E-state index is 0.0984. The van der Waals surface area contributed by atoms with Gasteiger partial charge in [0.25, 0.3) is 0 Å². The highest BCUT2D eigenvalue weighted by atomic mass is 16.5. The van der Waals surface area contributed by atoms with Crippen LogP contribution in [0.2, 0.25) is 0 Å². The second-order valence-electron chi connectivity index (χ2n) is 7.00. The number of furan rings is 1. The first-order valence-corrected chi connectivity index (χ1v) is 10.5. The van der Waals surface area contributed by atoms with Crippen LogP contribution in [-0.4, -0.2) is 19.7 Å². The van der Waals surface area contributed by atoms with Gasteiger partial charge in [-0.1, -0.05) is 52.4 Å². The third kappa shape index (κ3) is 10.0. The molecule has 0 aromatic carbocycles. The SMILES string of the molecule is CCCCOC(CCC)c1ccc(CCCCCCCCC(=O)OC)o1. The largest absolute Gasteiger partial charge is 0.469 e. The van der Waals surface area contributed by atoms with Crippen LogP contribution in [0.15, 0.2) is 16.5 Å². The molecule has 0 bridgehead atoms. The van der Waals surface area contributed by atoms with E-state index in [1.807, 2.05) is 0 Å². The predicted octanol–water partition coefficient (Wildman–Crippen LogP) is 6.38. The minimum atomic E-state index is -0.0984. The van der Waals surface area contributed by atoms with Gasteiger partial charge in [0, 0.05) is 19.4 Å². The molecule has 0 aliphatic rings. The summed E-state index contributed by atoms with van der Waals surface area (Å²) in [5.41, 5.74) is 0. The van der Waals surface area contributed by atoms with Crippen LogP contribution in [-0.2, 0) is 20.7 Å². The van der Waals surface area contributed by atoms with E-state index in [0.717, 1.165) is 69.5 Å². The van der Waals surface area contributed by atoms with Crippen LogP contribution >= 0.6 is 0 Å². The lowest BCUT2D eigenvalue weighted by Gasteiger charge is -2.14. The van der Waals surface area contributed by atoms with Crippen LogP contribution in [0, 0.1) is 0 Å². The van der Waals surface area contributed by atoms with Gasteiger partial charge in [-0.05, 0) is 37.8 Å². The van der Waals surface area contributed by atoms with Gasteiger partial charge in [-0.3, -0.25) is 4.79 Å². The highest BCUT2D eigenvalue weighted by Gasteiger charge is 2.15. The fourth-order valence-electron chi connectivity index (χ4n) is 3.02. The summed E-state index contributed by atoms with van der Waals surface area (Å²) in [5.74, 6) is 1.96. The molecule has 1 heterocycles. The number of carbonyl (C=O) groups excluding carboxylic acids is 1. The molecule has 0 N–H and O–H groups in total. The number of esters is 1. The first-order chi connectivity index (χ1) is 12.7. The van der Waals surface area contributed by atoms with E-state index in [1.165, 1.54) is 26.4 Å². The van der Waals surface area contributed by atoms with Crippen LogP contribution in [0.4, 0.5) is 0 Å². The zero-order valence-electron chi connectivity index (χ0n) is 17.1. The van der Waals surface area contributed by atoms with Gasteiger partial charge in [0.05, 0.1) is 7.11 Å². The molecule has 1 rings (SSSR count). The van der Waals surface area contributed by atoms with Crippen LogP contribution in [0.3, 0.4) is 0 Å². The third-order valence-corrected chi connectivity index (χ3v) is 4.65. The Morgan fingerprint density at radius 1 is 1.00 bits per heavy atom. The van der Waals surface area contributed by atoms with Crippen LogP contribution < -0.4 is 0 Å². The summed E-state index contributed by atoms with van der Waals surface area (Å²) < 4.78 is 16.7. The van der Waals surface area contributed by atoms with E-state index in [2.05, 4.69) is 30.7 Å². The molecular weight excluding hydrogens is 328 g/mol. The number of ether oxygens (including phenoxy) is 2. The van der Waals surface area contributed by atoms with E-state index in [-0.39, 0.29) is 12.1 Å². The van der Waals surface area contributed by atoms with Gasteiger partial charge in [0.15, 0.2) is 0 Å². The number of unbranched alkanes of at least 4 members (excludes halogenated alkanes) is 6. The summed E-state index contributed by atoms with van der Waals surface area (Å²) in [4.78, 5) is 11.0. The molecule has 1 aromatic rings. The molecule has 0 aliphatic heterocycles. The van der Waals surface area contributed by atoms with Crippen molar-refractivity contribution >= 4 is 5.97 Å². The summed E-state index contributed by atoms with van der Waals surface area (Å²) in [7, 11) is 1.45. The van der Waals surface area contributed by atoms with Gasteiger partial charge in [-0.25, -0.2) is 0 Å². The Morgan fingerprint density at radius 2 is 1.73 bits per heavy atom. The number of aryl methyl sites for hydroxylation is 1. The Labute approximate surface area is 159 Å². The highest BCUT2D eigenvalue weighted by Crippen LogP contribution is 2.26. The molecule has 0 saturated carbocycles. The molecule has 4 heteroatoms. The monoisotopic (exact) mass is 366 g/mol. The van der Waals surface area contributed by atoms with Crippen molar-refractivity contribution in [2.24, 2.45) is 0 Å². The van der Waals surface area contributed by atoms with Crippen molar-refractivity contribution in [3.63, 3.8) is 0 Å². The predicted molar refractivity (Wildman–Crippen MR) is 105 cm³/mol. The van der Waals surface area contributed by atoms with Crippen LogP contribution in [0.1, 0.15) is 102 Å². The number of rotatable bonds is 16. The fraction of sp³-hybridized carbons (Fsp3) is 0.773. The Morgan fingerprint density at radius 3 is 2.42 bits per heavy atom. The molecule has 0 aliphatic carbocycles. The van der Waals surface area contributed by atoms with E-state index in [9.17, 15) is 4.79 Å². The number of hydrogen-bond donors (Lipinski definition) is 0. The Balaban J connectivity index is 2.18. The van der Waals surface area contributed by atoms with Crippen molar-refractivity contribution < 1.29 is 18.7 Å². The molecule has 150 valence electrons. The molecule has 1 aromatic heterocycles. The summed E-state index contributed by atoms with van der Waals surface area (Å²) >= 11 is 0. The van der Waals surface area contributed by atoms with Gasteiger partial charge >= 0.3 is 5.97 Å². The number of methoxy groups -OCH3 is 1. The molecule has 0 spiro atoms. The molecule has 0 saturated heterocycles. The zero-order valence-corrected chi connectivity index (χ0v) is 17.1. The third-order valence-electron chi connectivity index (χ3n) is 4.65. The maximum atomic E-state index is 11.0. The topological polar surface area (TPSA) is 48.7 Å². The van der Waals surface area contributed by atoms with Gasteiger partial charge < -0.3 is 13.9 Å². The average Bonchev–Trinajstić information content (AvgIpc) is 3.11. The smallest absolute Gasteiger partial charge is 0.305 e. The second kappa shape index (κ2) is 14.8. The molecular formula is C22H38O4. The minimum Gasteiger partial charge on any atom is -0.469 e. The first-order valence-electron chi connectivity index (χ1n) is 10.5. The van der Waals surface area contributed by atoms with E-state index in [0.29, 0.717) is 6.42 Å². The molecule has 0 radical (unpaired) electrons. The van der Waals surface area contributed by atoms with Crippen LogP contribution in [0.5, 0.6) is 0 Å². The standard InChI is InChI=1S/C22H38O4/c1-4-6-18-25-20(13-5-2)21-17-16-19(26-21)14-11-9-7-8-10-12-15-22(23)24-3/h16-17,20H,4-15,18H2,1-3H3. The molecule has 26 heavy (non-hydrogen) atoms. The van der Waals surface area contributed by atoms with Crippen molar-refractivity contribution in [2.75, 3.05) is 13.7 Å². The maximum Gasteiger partial charge on any atom is 0.305 e. The first kappa shape index (κ1) is 22.8. The molecule has 4 nitrogen and oxygen atoms in total. The quantitative estimate of drug-likeness (QED) is 0.251. The van der Waals surface area contributed by atoms with E-state index >= 15 is 0 Å². The molecule has 1 atom stereocenters. The summed E-state index contributed by atoms with van der Waals surface area (Å²) in [6.45, 7) is 5.18. The summed E-state index contributed by atoms with van der Waals surface area (Å²) in [6, 6.07) is 4.20. The average molecular weight is 367 g/mol. The summed E-state index contributed by atoms with van der Waals surface area (Å²) in [5, 5.41) is 0. The van der Waals surface area contributed by atoms with Crippen molar-refractivity contribution in [3.05, 3.63) is 23.7 Å². The van der Waals surface area contributed by atoms with Gasteiger partial charge in [0.1, 0.15) is 17.6 Å². The molecule has 0 amide bonds. The normalized spacial score (nSPS) is 12.3. The van der Waals surface area contributed by atoms with Crippen molar-refractivity contribution in [2.45, 2.75) is 97.0 Å². The lowest BCUT2D eigenvalue weighted by molar-refractivity contribution is -0.140. The Bertz CT molecular complexity index is 466. The highest BCUT2D eigenvalue weighted by molar-refractivity contribution is 5.68. The zero-order chi connectivity index (χ0) is 19.0. The lowest BCUT2D eigenvalue weighted by Crippen LogP contribution is -2.04. The maximum absolute atomic E-state index is 11.0. The van der Waals surface area contributed by atoms with Crippen molar-refractivity contribution in [1.29, 1.82) is 0 Å². The fourth-order valence-corrected chi connectivity index (χ4v) is 3.02. The molecule has 0 fully saturated rings. The molecule has 1 unspecified atom stereocenters.